The molecule has 0 aromatic heterocycles. The zero-order valence-electron chi connectivity index (χ0n) is 6.28. The van der Waals surface area contributed by atoms with Gasteiger partial charge < -0.3 is 38.5 Å². The van der Waals surface area contributed by atoms with E-state index in [0.717, 1.165) is 0 Å². The molecule has 0 unspecified atom stereocenters. The summed E-state index contributed by atoms with van der Waals surface area (Å²) in [6.45, 7) is 0. The first-order chi connectivity index (χ1) is 4.00. The summed E-state index contributed by atoms with van der Waals surface area (Å²) in [4.78, 5) is 51.3. The molecule has 0 N–H and O–H groups in total. The Balaban J connectivity index is -0.0000000178. The molecular weight excluding hydrogens is 493 g/mol. The molecule has 8 nitrogen and oxygen atoms in total. The molecule has 0 fully saturated rings. The van der Waals surface area contributed by atoms with Gasteiger partial charge in [-0.1, -0.05) is 0 Å². The summed E-state index contributed by atoms with van der Waals surface area (Å²) in [5.74, 6) is 0. The van der Waals surface area contributed by atoms with Crippen LogP contribution in [0.5, 0.6) is 0 Å². The van der Waals surface area contributed by atoms with Crippen molar-refractivity contribution in [2.45, 2.75) is 0 Å². The quantitative estimate of drug-likeness (QED) is 0.236. The zero-order chi connectivity index (χ0) is 9.00. The maximum atomic E-state index is 8.55. The normalized spacial score (nSPS) is 8.43. The standard InChI is InChI=1S/Ca.2H3O4P.3Sr.2H/c;2*1-5(2,3)4;;;;;/h;2*(H3,1,2,3,4);;;;;/q;;;3*+2;;/p-6. The summed E-state index contributed by atoms with van der Waals surface area (Å²) in [5, 5.41) is 0. The van der Waals surface area contributed by atoms with Crippen molar-refractivity contribution in [1.29, 1.82) is 0 Å². The smallest absolute Gasteiger partial charge is 2.00 e. The van der Waals surface area contributed by atoms with Gasteiger partial charge in [-0.2, -0.15) is 15.6 Å². The fourth-order valence-corrected chi connectivity index (χ4v) is 0. The molecule has 0 aliphatic heterocycles. The van der Waals surface area contributed by atoms with E-state index in [-0.39, 0.29) is 174 Å². The van der Waals surface area contributed by atoms with E-state index >= 15 is 0 Å². The van der Waals surface area contributed by atoms with Gasteiger partial charge in [-0.25, -0.2) is 0 Å². The van der Waals surface area contributed by atoms with Crippen molar-refractivity contribution >= 4 is 190 Å². The summed E-state index contributed by atoms with van der Waals surface area (Å²) in [5.41, 5.74) is 0. The third-order valence-electron chi connectivity index (χ3n) is 0. The average Bonchev–Trinajstić information content (AvgIpc) is 1.12. The molecule has 0 bridgehead atoms. The van der Waals surface area contributed by atoms with E-state index in [9.17, 15) is 0 Å². The van der Waals surface area contributed by atoms with E-state index in [0.29, 0.717) is 0 Å². The van der Waals surface area contributed by atoms with Gasteiger partial charge in [0.1, 0.15) is 0 Å². The van der Waals surface area contributed by atoms with E-state index in [2.05, 4.69) is 0 Å². The maximum Gasteiger partial charge on any atom is 2.00 e. The first-order valence-corrected chi connectivity index (χ1v) is 4.38. The summed E-state index contributed by atoms with van der Waals surface area (Å²) in [7, 11) is -10.8. The van der Waals surface area contributed by atoms with Gasteiger partial charge in [0.15, 0.2) is 0 Å². The third-order valence-corrected chi connectivity index (χ3v) is 0. The number of hydrogen-bond donors (Lipinski definition) is 0. The second-order valence-electron chi connectivity index (χ2n) is 0.894. The van der Waals surface area contributed by atoms with Crippen LogP contribution in [0.15, 0.2) is 0 Å². The van der Waals surface area contributed by atoms with Crippen LogP contribution in [-0.2, 0) is 9.13 Å². The second kappa shape index (κ2) is 18.9. The van der Waals surface area contributed by atoms with Gasteiger partial charge in [-0.3, -0.25) is 0 Å². The summed E-state index contributed by atoms with van der Waals surface area (Å²) >= 11 is 0. The largest absolute Gasteiger partial charge is 2.00 e. The van der Waals surface area contributed by atoms with Gasteiger partial charge in [0.2, 0.25) is 0 Å². The number of phosphoric acid groups is 2. The van der Waals surface area contributed by atoms with Gasteiger partial charge in [0.05, 0.1) is 0 Å². The first kappa shape index (κ1) is 36.8. The molecule has 0 aromatic carbocycles. The van der Waals surface area contributed by atoms with Crippen molar-refractivity contribution in [2.75, 3.05) is 0 Å². The van der Waals surface area contributed by atoms with Crippen LogP contribution in [0, 0.1) is 0 Å². The van der Waals surface area contributed by atoms with Crippen LogP contribution >= 0.6 is 15.6 Å². The second-order valence-corrected chi connectivity index (χ2v) is 2.68. The van der Waals surface area contributed by atoms with Gasteiger partial charge >= 0.3 is 174 Å². The fraction of sp³-hybridized carbons (Fsp3) is 0. The van der Waals surface area contributed by atoms with Crippen LogP contribution < -0.4 is 29.4 Å². The van der Waals surface area contributed by atoms with Crippen LogP contribution in [0.3, 0.4) is 0 Å². The minimum atomic E-state index is -5.39. The van der Waals surface area contributed by atoms with Gasteiger partial charge in [-0.15, -0.1) is 0 Å². The summed E-state index contributed by atoms with van der Waals surface area (Å²) in [6, 6.07) is 0. The predicted molar refractivity (Wildman–Crippen MR) is 41.0 cm³/mol. The molecule has 0 saturated heterocycles. The Bertz CT molecular complexity index is 135. The van der Waals surface area contributed by atoms with Crippen molar-refractivity contribution in [3.05, 3.63) is 0 Å². The Morgan fingerprint density at radius 1 is 0.571 bits per heavy atom. The molecule has 68 valence electrons. The van der Waals surface area contributed by atoms with Gasteiger partial charge in [0.25, 0.3) is 0 Å². The molecule has 0 saturated carbocycles. The Morgan fingerprint density at radius 3 is 0.571 bits per heavy atom. The third kappa shape index (κ3) is 146. The fourth-order valence-electron chi connectivity index (χ4n) is 0. The Labute approximate surface area is 222 Å². The van der Waals surface area contributed by atoms with Crippen molar-refractivity contribution in [3.8, 4) is 0 Å². The average molecular weight is 495 g/mol. The molecule has 0 aliphatic rings. The summed E-state index contributed by atoms with van der Waals surface area (Å²) in [6.07, 6.45) is 0. The van der Waals surface area contributed by atoms with Crippen LogP contribution in [0.4, 0.5) is 0 Å². The molecule has 0 radical (unpaired) electrons. The van der Waals surface area contributed by atoms with Crippen LogP contribution in [0.1, 0.15) is 0 Å². The van der Waals surface area contributed by atoms with Gasteiger partial charge in [0, 0.05) is 0 Å². The molecule has 0 amide bonds. The van der Waals surface area contributed by atoms with E-state index in [1.165, 1.54) is 0 Å². The zero-order valence-corrected chi connectivity index (χ0v) is 18.5. The molecule has 0 aromatic rings. The molecule has 0 aliphatic carbocycles. The van der Waals surface area contributed by atoms with E-state index in [1.54, 1.807) is 0 Å². The van der Waals surface area contributed by atoms with Gasteiger partial charge in [-0.05, 0) is 0 Å². The van der Waals surface area contributed by atoms with E-state index in [4.69, 9.17) is 38.5 Å². The Hall–Kier alpha value is 5.92. The Kier molecular flexibility index (Phi) is 49.7. The molecule has 14 heteroatoms. The Morgan fingerprint density at radius 2 is 0.571 bits per heavy atom. The van der Waals surface area contributed by atoms with Crippen LogP contribution in [0.25, 0.3) is 0 Å². The first-order valence-electron chi connectivity index (χ1n) is 1.46. The molecule has 0 spiro atoms. The number of hydrogen-bond acceptors (Lipinski definition) is 8. The van der Waals surface area contributed by atoms with Crippen LogP contribution in [-0.4, -0.2) is 174 Å². The minimum Gasteiger partial charge on any atom is 2.00 e. The SMILES string of the molecule is O=P([O-])([O-])[O-].O=P([O-])([O-])[O-].[CaH2].[Sr+2].[Sr+2].[Sr+2]. The van der Waals surface area contributed by atoms with Crippen molar-refractivity contribution in [1.82, 2.24) is 0 Å². The monoisotopic (exact) mass is 496 g/mol. The molecule has 14 heavy (non-hydrogen) atoms. The van der Waals surface area contributed by atoms with Crippen molar-refractivity contribution < 1.29 is 38.5 Å². The molecule has 0 rings (SSSR count). The predicted octanol–water partition coefficient (Wildman–Crippen LogP) is -7.71. The van der Waals surface area contributed by atoms with Crippen molar-refractivity contribution in [3.63, 3.8) is 0 Å². The topological polar surface area (TPSA) is 172 Å². The summed E-state index contributed by atoms with van der Waals surface area (Å²) < 4.78 is 17.1. The molecular formula is H2CaO8P2Sr3. The van der Waals surface area contributed by atoms with E-state index < -0.39 is 15.6 Å². The minimum absolute atomic E-state index is 0. The molecule has 0 atom stereocenters. The van der Waals surface area contributed by atoms with Crippen LogP contribution in [0.2, 0.25) is 0 Å². The molecule has 0 heterocycles. The number of rotatable bonds is 0. The van der Waals surface area contributed by atoms with Crippen molar-refractivity contribution in [2.24, 2.45) is 0 Å². The van der Waals surface area contributed by atoms with E-state index in [1.807, 2.05) is 0 Å². The maximum absolute atomic E-state index is 8.55.